The fraction of sp³-hybridized carbons (Fsp3) is 0.500. The molecule has 0 atom stereocenters. The van der Waals surface area contributed by atoms with Crippen LogP contribution in [0.25, 0.3) is 0 Å². The second-order valence-corrected chi connectivity index (χ2v) is 3.49. The van der Waals surface area contributed by atoms with Crippen LogP contribution in [-0.2, 0) is 0 Å². The number of pyridine rings is 1. The third kappa shape index (κ3) is 1.46. The van der Waals surface area contributed by atoms with Crippen molar-refractivity contribution in [3.8, 4) is 5.88 Å². The fourth-order valence-electron chi connectivity index (χ4n) is 1.67. The average molecular weight is 178 g/mol. The van der Waals surface area contributed by atoms with Crippen LogP contribution in [0.2, 0.25) is 0 Å². The van der Waals surface area contributed by atoms with Crippen molar-refractivity contribution in [3.05, 3.63) is 17.8 Å². The highest BCUT2D eigenvalue weighted by Crippen LogP contribution is 2.40. The highest BCUT2D eigenvalue weighted by Gasteiger charge is 2.23. The summed E-state index contributed by atoms with van der Waals surface area (Å²) in [6.45, 7) is 0. The quantitative estimate of drug-likeness (QED) is 0.752. The Kier molecular flexibility index (Phi) is 2.08. The van der Waals surface area contributed by atoms with Crippen LogP contribution in [0.3, 0.4) is 0 Å². The predicted octanol–water partition coefficient (Wildman–Crippen LogP) is 1.94. The molecular formula is C10H14N2O. The zero-order chi connectivity index (χ0) is 9.26. The highest BCUT2D eigenvalue weighted by molar-refractivity contribution is 5.44. The van der Waals surface area contributed by atoms with Gasteiger partial charge in [-0.15, -0.1) is 0 Å². The molecule has 2 N–H and O–H groups in total. The van der Waals surface area contributed by atoms with Crippen molar-refractivity contribution in [1.29, 1.82) is 0 Å². The van der Waals surface area contributed by atoms with Gasteiger partial charge in [-0.25, -0.2) is 4.98 Å². The summed E-state index contributed by atoms with van der Waals surface area (Å²) in [6, 6.07) is 1.98. The van der Waals surface area contributed by atoms with Crippen molar-refractivity contribution in [2.24, 2.45) is 0 Å². The number of nitrogen functional groups attached to an aromatic ring is 1. The van der Waals surface area contributed by atoms with Crippen LogP contribution >= 0.6 is 0 Å². The lowest BCUT2D eigenvalue weighted by Gasteiger charge is -2.26. The average Bonchev–Trinajstić information content (AvgIpc) is 2.02. The zero-order valence-corrected chi connectivity index (χ0v) is 7.79. The Morgan fingerprint density at radius 3 is 2.85 bits per heavy atom. The molecule has 3 heteroatoms. The number of rotatable bonds is 2. The Labute approximate surface area is 77.9 Å². The lowest BCUT2D eigenvalue weighted by atomic mass is 9.80. The van der Waals surface area contributed by atoms with Crippen LogP contribution < -0.4 is 10.5 Å². The summed E-state index contributed by atoms with van der Waals surface area (Å²) in [4.78, 5) is 4.15. The summed E-state index contributed by atoms with van der Waals surface area (Å²) >= 11 is 0. The van der Waals surface area contributed by atoms with Gasteiger partial charge in [0.2, 0.25) is 5.88 Å². The maximum absolute atomic E-state index is 5.68. The second kappa shape index (κ2) is 3.24. The van der Waals surface area contributed by atoms with Gasteiger partial charge in [-0.05, 0) is 24.8 Å². The number of hydrogen-bond donors (Lipinski definition) is 1. The number of aromatic nitrogens is 1. The first kappa shape index (κ1) is 8.35. The topological polar surface area (TPSA) is 48.1 Å². The molecule has 1 fully saturated rings. The molecule has 0 radical (unpaired) electrons. The van der Waals surface area contributed by atoms with Gasteiger partial charge in [-0.3, -0.25) is 0 Å². The van der Waals surface area contributed by atoms with Crippen molar-refractivity contribution >= 4 is 5.69 Å². The monoisotopic (exact) mass is 178 g/mol. The molecule has 1 aliphatic carbocycles. The van der Waals surface area contributed by atoms with E-state index in [1.807, 2.05) is 6.07 Å². The summed E-state index contributed by atoms with van der Waals surface area (Å²) < 4.78 is 5.19. The number of anilines is 1. The van der Waals surface area contributed by atoms with E-state index in [1.165, 1.54) is 24.8 Å². The highest BCUT2D eigenvalue weighted by atomic mass is 16.5. The van der Waals surface area contributed by atoms with Gasteiger partial charge in [0.1, 0.15) is 0 Å². The van der Waals surface area contributed by atoms with Crippen molar-refractivity contribution in [2.75, 3.05) is 12.8 Å². The maximum atomic E-state index is 5.68. The molecule has 1 saturated carbocycles. The number of nitrogens with two attached hydrogens (primary N) is 1. The minimum absolute atomic E-state index is 0.617. The van der Waals surface area contributed by atoms with Crippen molar-refractivity contribution in [3.63, 3.8) is 0 Å². The molecule has 1 aromatic rings. The van der Waals surface area contributed by atoms with E-state index in [0.29, 0.717) is 5.92 Å². The molecule has 0 saturated heterocycles. The summed E-state index contributed by atoms with van der Waals surface area (Å²) in [7, 11) is 1.65. The minimum atomic E-state index is 0.617. The summed E-state index contributed by atoms with van der Waals surface area (Å²) in [5.41, 5.74) is 7.58. The SMILES string of the molecule is COc1ncc(N)cc1C1CCC1. The molecule has 13 heavy (non-hydrogen) atoms. The largest absolute Gasteiger partial charge is 0.481 e. The van der Waals surface area contributed by atoms with E-state index in [1.54, 1.807) is 13.3 Å². The molecule has 0 amide bonds. The van der Waals surface area contributed by atoms with Crippen LogP contribution in [0.15, 0.2) is 12.3 Å². The van der Waals surface area contributed by atoms with Gasteiger partial charge in [0, 0.05) is 5.56 Å². The van der Waals surface area contributed by atoms with Crippen LogP contribution in [0.4, 0.5) is 5.69 Å². The van der Waals surface area contributed by atoms with Crippen molar-refractivity contribution in [2.45, 2.75) is 25.2 Å². The van der Waals surface area contributed by atoms with E-state index < -0.39 is 0 Å². The molecule has 0 spiro atoms. The molecule has 70 valence electrons. The Morgan fingerprint density at radius 2 is 2.31 bits per heavy atom. The van der Waals surface area contributed by atoms with Gasteiger partial charge >= 0.3 is 0 Å². The molecule has 1 aromatic heterocycles. The van der Waals surface area contributed by atoms with Crippen molar-refractivity contribution in [1.82, 2.24) is 4.98 Å². The van der Waals surface area contributed by atoms with Crippen molar-refractivity contribution < 1.29 is 4.74 Å². The van der Waals surface area contributed by atoms with Gasteiger partial charge in [0.25, 0.3) is 0 Å². The Morgan fingerprint density at radius 1 is 1.54 bits per heavy atom. The van der Waals surface area contributed by atoms with Crippen LogP contribution in [-0.4, -0.2) is 12.1 Å². The summed E-state index contributed by atoms with van der Waals surface area (Å²) in [6.07, 6.45) is 5.42. The van der Waals surface area contributed by atoms with E-state index in [-0.39, 0.29) is 0 Å². The number of ether oxygens (including phenoxy) is 1. The predicted molar refractivity (Wildman–Crippen MR) is 51.8 cm³/mol. The number of hydrogen-bond acceptors (Lipinski definition) is 3. The van der Waals surface area contributed by atoms with Gasteiger partial charge in [0.15, 0.2) is 0 Å². The third-order valence-electron chi connectivity index (χ3n) is 2.64. The van der Waals surface area contributed by atoms with Crippen LogP contribution in [0.1, 0.15) is 30.7 Å². The van der Waals surface area contributed by atoms with E-state index in [4.69, 9.17) is 10.5 Å². The normalized spacial score (nSPS) is 16.7. The smallest absolute Gasteiger partial charge is 0.216 e. The molecule has 0 bridgehead atoms. The van der Waals surface area contributed by atoms with Gasteiger partial charge < -0.3 is 10.5 Å². The third-order valence-corrected chi connectivity index (χ3v) is 2.64. The molecule has 2 rings (SSSR count). The second-order valence-electron chi connectivity index (χ2n) is 3.49. The van der Waals surface area contributed by atoms with E-state index in [2.05, 4.69) is 4.98 Å². The Balaban J connectivity index is 2.33. The first-order valence-electron chi connectivity index (χ1n) is 4.60. The molecule has 0 aliphatic heterocycles. The van der Waals surface area contributed by atoms with Crippen LogP contribution in [0.5, 0.6) is 5.88 Å². The minimum Gasteiger partial charge on any atom is -0.481 e. The number of methoxy groups -OCH3 is 1. The first-order valence-corrected chi connectivity index (χ1v) is 4.60. The molecule has 3 nitrogen and oxygen atoms in total. The first-order chi connectivity index (χ1) is 6.31. The van der Waals surface area contributed by atoms with E-state index in [9.17, 15) is 0 Å². The Hall–Kier alpha value is -1.25. The molecule has 1 aliphatic rings. The molecule has 0 unspecified atom stereocenters. The fourth-order valence-corrected chi connectivity index (χ4v) is 1.67. The lowest BCUT2D eigenvalue weighted by molar-refractivity contribution is 0.362. The molecule has 1 heterocycles. The number of nitrogens with zero attached hydrogens (tertiary/aromatic N) is 1. The summed E-state index contributed by atoms with van der Waals surface area (Å²) in [5, 5.41) is 0. The van der Waals surface area contributed by atoms with E-state index in [0.717, 1.165) is 11.6 Å². The lowest BCUT2D eigenvalue weighted by Crippen LogP contribution is -2.11. The van der Waals surface area contributed by atoms with Gasteiger partial charge in [0.05, 0.1) is 19.0 Å². The Bertz CT molecular complexity index is 308. The zero-order valence-electron chi connectivity index (χ0n) is 7.79. The molecular weight excluding hydrogens is 164 g/mol. The molecule has 0 aromatic carbocycles. The van der Waals surface area contributed by atoms with Gasteiger partial charge in [-0.2, -0.15) is 0 Å². The maximum Gasteiger partial charge on any atom is 0.216 e. The van der Waals surface area contributed by atoms with E-state index >= 15 is 0 Å². The standard InChI is InChI=1S/C10H14N2O/c1-13-10-9(7-3-2-4-7)5-8(11)6-12-10/h5-7H,2-4,11H2,1H3. The summed E-state index contributed by atoms with van der Waals surface area (Å²) in [5.74, 6) is 1.35. The van der Waals surface area contributed by atoms with Gasteiger partial charge in [-0.1, -0.05) is 6.42 Å². The van der Waals surface area contributed by atoms with Crippen LogP contribution in [0, 0.1) is 0 Å².